The zero-order valence-corrected chi connectivity index (χ0v) is 16.7. The van der Waals surface area contributed by atoms with Crippen LogP contribution in [0.25, 0.3) is 0 Å². The predicted molar refractivity (Wildman–Crippen MR) is 110 cm³/mol. The molecule has 0 saturated carbocycles. The van der Waals surface area contributed by atoms with Crippen LogP contribution in [0.5, 0.6) is 0 Å². The molecule has 2 aromatic heterocycles. The van der Waals surface area contributed by atoms with Gasteiger partial charge in [-0.25, -0.2) is 9.97 Å². The molecule has 1 aromatic carbocycles. The maximum atomic E-state index is 5.98. The van der Waals surface area contributed by atoms with Crippen LogP contribution in [0.3, 0.4) is 0 Å². The van der Waals surface area contributed by atoms with E-state index in [2.05, 4.69) is 66.8 Å². The van der Waals surface area contributed by atoms with E-state index in [1.807, 2.05) is 0 Å². The molecule has 0 unspecified atom stereocenters. The summed E-state index contributed by atoms with van der Waals surface area (Å²) in [6.45, 7) is 1.83. The number of halogens is 1. The van der Waals surface area contributed by atoms with Crippen molar-refractivity contribution in [3.8, 4) is 0 Å². The third kappa shape index (κ3) is 8.09. The normalized spacial score (nSPS) is 11.7. The van der Waals surface area contributed by atoms with Crippen LogP contribution in [-0.4, -0.2) is 39.1 Å². The van der Waals surface area contributed by atoms with Gasteiger partial charge in [0.05, 0.1) is 25.9 Å². The molecular formula is C18H25IN6O. The molecule has 0 aliphatic carbocycles. The molecule has 6 N–H and O–H groups in total. The van der Waals surface area contributed by atoms with Gasteiger partial charge in [-0.15, -0.1) is 0 Å². The SMILES string of the molecule is NCCc1cnc[nH]1.N[C@@H](COCc1ccc(I)cc1)Cc1cnc[nH]1. The number of rotatable bonds is 8. The fourth-order valence-electron chi connectivity index (χ4n) is 2.22. The standard InChI is InChI=1S/C13H16IN3O.C5H9N3/c14-11-3-1-10(2-4-11)7-18-8-12(15)5-13-6-16-9-17-13;6-2-1-5-3-7-4-8-5/h1-4,6,9,12H,5,7-8,15H2,(H,16,17);3-4H,1-2,6H2,(H,7,8)/t12-;/m1./s1. The largest absolute Gasteiger partial charge is 0.375 e. The molecule has 1 atom stereocenters. The molecule has 0 aliphatic heterocycles. The Morgan fingerprint density at radius 3 is 2.27 bits per heavy atom. The third-order valence-corrected chi connectivity index (χ3v) is 4.24. The molecule has 0 radical (unpaired) electrons. The number of aromatic amines is 2. The Balaban J connectivity index is 0.000000254. The van der Waals surface area contributed by atoms with E-state index in [0.717, 1.165) is 24.2 Å². The van der Waals surface area contributed by atoms with E-state index in [1.165, 1.54) is 9.13 Å². The fraction of sp³-hybridized carbons (Fsp3) is 0.333. The van der Waals surface area contributed by atoms with Crippen LogP contribution in [0.4, 0.5) is 0 Å². The summed E-state index contributed by atoms with van der Waals surface area (Å²) in [6, 6.07) is 8.28. The van der Waals surface area contributed by atoms with Crippen molar-refractivity contribution in [2.45, 2.75) is 25.5 Å². The number of hydrogen-bond donors (Lipinski definition) is 4. The average Bonchev–Trinajstić information content (AvgIpc) is 3.32. The van der Waals surface area contributed by atoms with Crippen LogP contribution < -0.4 is 11.5 Å². The minimum absolute atomic E-state index is 0.00528. The molecule has 2 heterocycles. The molecule has 140 valence electrons. The van der Waals surface area contributed by atoms with Crippen LogP contribution in [0.1, 0.15) is 17.0 Å². The Labute approximate surface area is 167 Å². The summed E-state index contributed by atoms with van der Waals surface area (Å²) < 4.78 is 6.84. The minimum atomic E-state index is -0.00528. The Morgan fingerprint density at radius 1 is 1.04 bits per heavy atom. The third-order valence-electron chi connectivity index (χ3n) is 3.52. The maximum Gasteiger partial charge on any atom is 0.0921 e. The second-order valence-electron chi connectivity index (χ2n) is 5.80. The van der Waals surface area contributed by atoms with Gasteiger partial charge in [0.2, 0.25) is 0 Å². The molecule has 0 spiro atoms. The van der Waals surface area contributed by atoms with E-state index in [-0.39, 0.29) is 6.04 Å². The van der Waals surface area contributed by atoms with Crippen LogP contribution in [0, 0.1) is 3.57 Å². The number of aromatic nitrogens is 4. The van der Waals surface area contributed by atoms with Gasteiger partial charge in [0.15, 0.2) is 0 Å². The highest BCUT2D eigenvalue weighted by molar-refractivity contribution is 14.1. The van der Waals surface area contributed by atoms with Gasteiger partial charge in [0.25, 0.3) is 0 Å². The lowest BCUT2D eigenvalue weighted by molar-refractivity contribution is 0.107. The van der Waals surface area contributed by atoms with Gasteiger partial charge in [-0.2, -0.15) is 0 Å². The minimum Gasteiger partial charge on any atom is -0.375 e. The van der Waals surface area contributed by atoms with E-state index in [4.69, 9.17) is 16.2 Å². The number of benzene rings is 1. The Morgan fingerprint density at radius 2 is 1.69 bits per heavy atom. The zero-order valence-electron chi connectivity index (χ0n) is 14.6. The summed E-state index contributed by atoms with van der Waals surface area (Å²) >= 11 is 2.29. The predicted octanol–water partition coefficient (Wildman–Crippen LogP) is 2.01. The first-order valence-electron chi connectivity index (χ1n) is 8.39. The molecule has 0 aliphatic rings. The summed E-state index contributed by atoms with van der Waals surface area (Å²) in [5, 5.41) is 0. The van der Waals surface area contributed by atoms with E-state index >= 15 is 0 Å². The molecule has 26 heavy (non-hydrogen) atoms. The van der Waals surface area contributed by atoms with Crippen molar-refractivity contribution < 1.29 is 4.74 Å². The summed E-state index contributed by atoms with van der Waals surface area (Å²) in [4.78, 5) is 13.8. The van der Waals surface area contributed by atoms with Gasteiger partial charge in [-0.3, -0.25) is 0 Å². The smallest absolute Gasteiger partial charge is 0.0921 e. The number of H-pyrrole nitrogens is 2. The van der Waals surface area contributed by atoms with Gasteiger partial charge in [-0.1, -0.05) is 12.1 Å². The first kappa shape index (κ1) is 20.6. The zero-order chi connectivity index (χ0) is 18.6. The number of nitrogens with zero attached hydrogens (tertiary/aromatic N) is 2. The van der Waals surface area contributed by atoms with E-state index in [9.17, 15) is 0 Å². The topological polar surface area (TPSA) is 119 Å². The summed E-state index contributed by atoms with van der Waals surface area (Å²) in [5.74, 6) is 0. The van der Waals surface area contributed by atoms with Gasteiger partial charge in [0, 0.05) is 46.2 Å². The molecule has 3 rings (SSSR count). The summed E-state index contributed by atoms with van der Waals surface area (Å²) in [7, 11) is 0. The van der Waals surface area contributed by atoms with Gasteiger partial charge < -0.3 is 26.2 Å². The van der Waals surface area contributed by atoms with Crippen molar-refractivity contribution in [1.82, 2.24) is 19.9 Å². The Kier molecular flexibility index (Phi) is 9.32. The lowest BCUT2D eigenvalue weighted by atomic mass is 10.2. The highest BCUT2D eigenvalue weighted by atomic mass is 127. The quantitative estimate of drug-likeness (QED) is 0.378. The number of nitrogens with two attached hydrogens (primary N) is 2. The molecular weight excluding hydrogens is 443 g/mol. The van der Waals surface area contributed by atoms with Crippen molar-refractivity contribution in [2.75, 3.05) is 13.2 Å². The molecule has 0 amide bonds. The number of nitrogens with one attached hydrogen (secondary N) is 2. The molecule has 0 fully saturated rings. The lowest BCUT2D eigenvalue weighted by Crippen LogP contribution is -2.28. The highest BCUT2D eigenvalue weighted by Gasteiger charge is 2.05. The van der Waals surface area contributed by atoms with Crippen molar-refractivity contribution >= 4 is 22.6 Å². The van der Waals surface area contributed by atoms with Crippen molar-refractivity contribution in [3.05, 3.63) is 69.8 Å². The number of ether oxygens (including phenoxy) is 1. The van der Waals surface area contributed by atoms with Crippen molar-refractivity contribution in [3.63, 3.8) is 0 Å². The first-order chi connectivity index (χ1) is 12.7. The second-order valence-corrected chi connectivity index (χ2v) is 7.04. The second kappa shape index (κ2) is 11.8. The molecule has 7 nitrogen and oxygen atoms in total. The Bertz CT molecular complexity index is 700. The average molecular weight is 468 g/mol. The van der Waals surface area contributed by atoms with Crippen molar-refractivity contribution in [2.24, 2.45) is 11.5 Å². The summed E-state index contributed by atoms with van der Waals surface area (Å²) in [5.41, 5.74) is 14.6. The number of imidazole rings is 2. The monoisotopic (exact) mass is 468 g/mol. The molecule has 0 bridgehead atoms. The van der Waals surface area contributed by atoms with Gasteiger partial charge in [-0.05, 0) is 46.8 Å². The van der Waals surface area contributed by atoms with Crippen LogP contribution >= 0.6 is 22.6 Å². The van der Waals surface area contributed by atoms with Crippen molar-refractivity contribution in [1.29, 1.82) is 0 Å². The van der Waals surface area contributed by atoms with E-state index in [1.54, 1.807) is 25.0 Å². The van der Waals surface area contributed by atoms with E-state index < -0.39 is 0 Å². The van der Waals surface area contributed by atoms with E-state index in [0.29, 0.717) is 19.8 Å². The fourth-order valence-corrected chi connectivity index (χ4v) is 2.58. The number of hydrogen-bond acceptors (Lipinski definition) is 5. The first-order valence-corrected chi connectivity index (χ1v) is 9.47. The van der Waals surface area contributed by atoms with Crippen LogP contribution in [-0.2, 0) is 24.2 Å². The molecule has 0 saturated heterocycles. The van der Waals surface area contributed by atoms with Crippen LogP contribution in [0.15, 0.2) is 49.3 Å². The van der Waals surface area contributed by atoms with Gasteiger partial charge in [0.1, 0.15) is 0 Å². The van der Waals surface area contributed by atoms with Gasteiger partial charge >= 0.3 is 0 Å². The molecule has 3 aromatic rings. The maximum absolute atomic E-state index is 5.98. The van der Waals surface area contributed by atoms with Crippen LogP contribution in [0.2, 0.25) is 0 Å². The summed E-state index contributed by atoms with van der Waals surface area (Å²) in [6.07, 6.45) is 8.54. The Hall–Kier alpha value is -1.75. The lowest BCUT2D eigenvalue weighted by Gasteiger charge is -2.11. The molecule has 8 heteroatoms. The highest BCUT2D eigenvalue weighted by Crippen LogP contribution is 2.08.